The van der Waals surface area contributed by atoms with Gasteiger partial charge in [-0.15, -0.1) is 0 Å². The van der Waals surface area contributed by atoms with Gasteiger partial charge in [0.2, 0.25) is 0 Å². The Bertz CT molecular complexity index is 646. The van der Waals surface area contributed by atoms with Gasteiger partial charge in [-0.1, -0.05) is 50.2 Å². The van der Waals surface area contributed by atoms with Crippen LogP contribution in [0.4, 0.5) is 0 Å². The molecule has 2 rings (SSSR count). The second kappa shape index (κ2) is 6.00. The maximum atomic E-state index is 11.6. The molecule has 0 unspecified atom stereocenters. The number of carbonyl (C=O) groups excluding carboxylic acids is 2. The number of hydrogen-bond acceptors (Lipinski definition) is 2. The Morgan fingerprint density at radius 3 is 1.43 bits per heavy atom. The van der Waals surface area contributed by atoms with Gasteiger partial charge in [-0.05, 0) is 46.5 Å². The van der Waals surface area contributed by atoms with Crippen molar-refractivity contribution in [2.45, 2.75) is 19.3 Å². The van der Waals surface area contributed by atoms with Crippen molar-refractivity contribution in [2.75, 3.05) is 0 Å². The first kappa shape index (κ1) is 15.7. The lowest BCUT2D eigenvalue weighted by Gasteiger charge is -2.29. The van der Waals surface area contributed by atoms with Crippen molar-refractivity contribution in [3.8, 4) is 0 Å². The van der Waals surface area contributed by atoms with Crippen LogP contribution in [-0.4, -0.2) is 10.5 Å². The Morgan fingerprint density at radius 2 is 1.10 bits per heavy atom. The zero-order chi connectivity index (χ0) is 15.6. The largest absolute Gasteiger partial charge is 0.276 e. The molecule has 0 aliphatic heterocycles. The Labute approximate surface area is 133 Å². The Kier molecular flexibility index (Phi) is 4.50. The molecule has 21 heavy (non-hydrogen) atoms. The van der Waals surface area contributed by atoms with Crippen LogP contribution in [0.3, 0.4) is 0 Å². The van der Waals surface area contributed by atoms with Gasteiger partial charge < -0.3 is 0 Å². The zero-order valence-corrected chi connectivity index (χ0v) is 13.2. The fraction of sp³-hybridized carbons (Fsp3) is 0.176. The van der Waals surface area contributed by atoms with Crippen molar-refractivity contribution in [1.29, 1.82) is 0 Å². The van der Waals surface area contributed by atoms with E-state index in [1.807, 2.05) is 38.1 Å². The van der Waals surface area contributed by atoms with Crippen molar-refractivity contribution in [1.82, 2.24) is 0 Å². The number of halogens is 2. The summed E-state index contributed by atoms with van der Waals surface area (Å²) in [4.78, 5) is 23.3. The minimum Gasteiger partial charge on any atom is -0.276 e. The topological polar surface area (TPSA) is 34.1 Å². The Morgan fingerprint density at radius 1 is 0.762 bits per heavy atom. The van der Waals surface area contributed by atoms with Gasteiger partial charge in [0.15, 0.2) is 0 Å². The highest BCUT2D eigenvalue weighted by Gasteiger charge is 2.30. The van der Waals surface area contributed by atoms with Gasteiger partial charge in [0.05, 0.1) is 0 Å². The normalized spacial score (nSPS) is 11.2. The number of hydrogen-bond donors (Lipinski definition) is 0. The lowest BCUT2D eigenvalue weighted by molar-refractivity contribution is 0.107. The van der Waals surface area contributed by atoms with Gasteiger partial charge in [-0.25, -0.2) is 0 Å². The summed E-state index contributed by atoms with van der Waals surface area (Å²) in [5.41, 5.74) is 1.80. The standard InChI is InChI=1S/C17H14Cl2O2/c1-17(2,13-9-5-3-7-11(13)15(18)20)14-10-6-4-8-12(14)16(19)21/h3-10H,1-2H3. The Hall–Kier alpha value is -1.64. The minimum absolute atomic E-state index is 0.431. The fourth-order valence-electron chi connectivity index (χ4n) is 2.54. The lowest BCUT2D eigenvalue weighted by Crippen LogP contribution is -2.24. The van der Waals surface area contributed by atoms with E-state index in [4.69, 9.17) is 23.2 Å². The molecule has 0 aliphatic carbocycles. The maximum absolute atomic E-state index is 11.6. The SMILES string of the molecule is CC(C)(c1ccccc1C(=O)Cl)c1ccccc1C(=O)Cl. The molecule has 4 heteroatoms. The highest BCUT2D eigenvalue weighted by molar-refractivity contribution is 6.68. The molecule has 108 valence electrons. The first-order valence-corrected chi connectivity index (χ1v) is 7.20. The third-order valence-corrected chi connectivity index (χ3v) is 4.03. The lowest BCUT2D eigenvalue weighted by atomic mass is 9.74. The molecule has 0 bridgehead atoms. The molecule has 0 amide bonds. The van der Waals surface area contributed by atoms with E-state index in [0.29, 0.717) is 11.1 Å². The predicted molar refractivity (Wildman–Crippen MR) is 85.4 cm³/mol. The minimum atomic E-state index is -0.581. The zero-order valence-electron chi connectivity index (χ0n) is 11.7. The van der Waals surface area contributed by atoms with E-state index in [9.17, 15) is 9.59 Å². The molecular formula is C17H14Cl2O2. The van der Waals surface area contributed by atoms with Crippen LogP contribution in [0.25, 0.3) is 0 Å². The van der Waals surface area contributed by atoms with Crippen LogP contribution in [0.15, 0.2) is 48.5 Å². The summed E-state index contributed by atoms with van der Waals surface area (Å²) in [6.45, 7) is 3.87. The van der Waals surface area contributed by atoms with E-state index in [1.54, 1.807) is 24.3 Å². The molecule has 0 heterocycles. The molecule has 0 saturated heterocycles. The summed E-state index contributed by atoms with van der Waals surface area (Å²) in [6, 6.07) is 14.2. The summed E-state index contributed by atoms with van der Waals surface area (Å²) in [7, 11) is 0. The van der Waals surface area contributed by atoms with Crippen LogP contribution in [0, 0.1) is 0 Å². The van der Waals surface area contributed by atoms with E-state index in [1.165, 1.54) is 0 Å². The molecule has 0 spiro atoms. The average molecular weight is 321 g/mol. The van der Waals surface area contributed by atoms with Crippen LogP contribution in [-0.2, 0) is 5.41 Å². The summed E-state index contributed by atoms with van der Waals surface area (Å²) in [5.74, 6) is 0. The van der Waals surface area contributed by atoms with Gasteiger partial charge >= 0.3 is 0 Å². The first-order chi connectivity index (χ1) is 9.85. The molecule has 0 fully saturated rings. The van der Waals surface area contributed by atoms with Crippen molar-refractivity contribution in [2.24, 2.45) is 0 Å². The third kappa shape index (κ3) is 3.02. The first-order valence-electron chi connectivity index (χ1n) is 6.44. The van der Waals surface area contributed by atoms with Crippen molar-refractivity contribution >= 4 is 33.7 Å². The third-order valence-electron chi connectivity index (χ3n) is 3.62. The van der Waals surface area contributed by atoms with Gasteiger partial charge in [0.25, 0.3) is 10.5 Å². The number of rotatable bonds is 4. The van der Waals surface area contributed by atoms with Crippen LogP contribution in [0.2, 0.25) is 0 Å². The molecule has 0 atom stereocenters. The van der Waals surface area contributed by atoms with Crippen LogP contribution < -0.4 is 0 Å². The van der Waals surface area contributed by atoms with Crippen molar-refractivity contribution in [3.05, 3.63) is 70.8 Å². The second-order valence-corrected chi connectivity index (χ2v) is 5.95. The molecule has 0 radical (unpaired) electrons. The van der Waals surface area contributed by atoms with E-state index in [2.05, 4.69) is 0 Å². The van der Waals surface area contributed by atoms with Crippen LogP contribution in [0.1, 0.15) is 45.7 Å². The number of benzene rings is 2. The fourth-order valence-corrected chi connectivity index (χ4v) is 2.87. The van der Waals surface area contributed by atoms with E-state index in [-0.39, 0.29) is 0 Å². The summed E-state index contributed by atoms with van der Waals surface area (Å²) >= 11 is 11.3. The Balaban J connectivity index is 2.69. The van der Waals surface area contributed by atoms with E-state index < -0.39 is 15.9 Å². The predicted octanol–water partition coefficient (Wildman–Crippen LogP) is 4.77. The molecular weight excluding hydrogens is 307 g/mol. The van der Waals surface area contributed by atoms with E-state index >= 15 is 0 Å². The summed E-state index contributed by atoms with van der Waals surface area (Å²) < 4.78 is 0. The average Bonchev–Trinajstić information content (AvgIpc) is 2.47. The van der Waals surface area contributed by atoms with Crippen LogP contribution >= 0.6 is 23.2 Å². The summed E-state index contributed by atoms with van der Waals surface area (Å²) in [6.07, 6.45) is 0. The quantitative estimate of drug-likeness (QED) is 0.760. The molecule has 0 saturated carbocycles. The van der Waals surface area contributed by atoms with Gasteiger partial charge in [-0.3, -0.25) is 9.59 Å². The molecule has 2 aromatic carbocycles. The molecule has 0 aromatic heterocycles. The smallest absolute Gasteiger partial charge is 0.252 e. The molecule has 2 aromatic rings. The molecule has 0 aliphatic rings. The van der Waals surface area contributed by atoms with Crippen molar-refractivity contribution in [3.63, 3.8) is 0 Å². The van der Waals surface area contributed by atoms with Gasteiger partial charge in [0.1, 0.15) is 0 Å². The molecule has 0 N–H and O–H groups in total. The number of carbonyl (C=O) groups is 2. The van der Waals surface area contributed by atoms with E-state index in [0.717, 1.165) is 11.1 Å². The highest BCUT2D eigenvalue weighted by Crippen LogP contribution is 2.36. The monoisotopic (exact) mass is 320 g/mol. The maximum Gasteiger partial charge on any atom is 0.252 e. The second-order valence-electron chi connectivity index (χ2n) is 5.26. The van der Waals surface area contributed by atoms with Crippen molar-refractivity contribution < 1.29 is 9.59 Å². The molecule has 2 nitrogen and oxygen atoms in total. The summed E-state index contributed by atoms with van der Waals surface area (Å²) in [5, 5.41) is -1.04. The van der Waals surface area contributed by atoms with Gasteiger partial charge in [-0.2, -0.15) is 0 Å². The van der Waals surface area contributed by atoms with Gasteiger partial charge in [0, 0.05) is 16.5 Å². The highest BCUT2D eigenvalue weighted by atomic mass is 35.5. The van der Waals surface area contributed by atoms with Crippen LogP contribution in [0.5, 0.6) is 0 Å².